The number of hydrogen-bond acceptors (Lipinski definition) is 3. The molecule has 1 aliphatic rings. The Morgan fingerprint density at radius 3 is 1.56 bits per heavy atom. The third kappa shape index (κ3) is 6.34. The van der Waals surface area contributed by atoms with E-state index in [2.05, 4.69) is 226 Å². The predicted octanol–water partition coefficient (Wildman–Crippen LogP) is 17.2. The molecule has 0 N–H and O–H groups in total. The molecular weight excluding hydrogens is 849 g/mol. The smallest absolute Gasteiger partial charge is 0.238 e. The van der Waals surface area contributed by atoms with Crippen LogP contribution in [0.4, 0.5) is 0 Å². The molecule has 0 bridgehead atoms. The lowest BCUT2D eigenvalue weighted by atomic mass is 9.81. The van der Waals surface area contributed by atoms with Crippen molar-refractivity contribution in [1.82, 2.24) is 19.5 Å². The van der Waals surface area contributed by atoms with E-state index >= 15 is 0 Å². The molecule has 0 atom stereocenters. The van der Waals surface area contributed by atoms with Gasteiger partial charge in [0.25, 0.3) is 0 Å². The van der Waals surface area contributed by atoms with Gasteiger partial charge in [-0.2, -0.15) is 9.97 Å². The van der Waals surface area contributed by atoms with E-state index in [0.717, 1.165) is 88.2 Å². The fraction of sp³-hybridized carbons (Fsp3) is 0.0455. The highest BCUT2D eigenvalue weighted by Gasteiger charge is 2.37. The number of para-hydroxylation sites is 1. The summed E-state index contributed by atoms with van der Waals surface area (Å²) in [5.41, 5.74) is 17.7. The molecule has 330 valence electrons. The quantitative estimate of drug-likeness (QED) is 0.153. The average molecular weight is 895 g/mol. The molecular formula is C66H46N4. The van der Waals surface area contributed by atoms with Crippen LogP contribution in [0.2, 0.25) is 0 Å². The van der Waals surface area contributed by atoms with E-state index in [-0.39, 0.29) is 5.41 Å². The summed E-state index contributed by atoms with van der Waals surface area (Å²) in [5, 5.41) is 6.84. The topological polar surface area (TPSA) is 43.6 Å². The van der Waals surface area contributed by atoms with Crippen molar-refractivity contribution in [2.45, 2.75) is 19.3 Å². The molecule has 10 aromatic carbocycles. The molecule has 4 heteroatoms. The Kier molecular flexibility index (Phi) is 9.47. The molecule has 0 spiro atoms. The van der Waals surface area contributed by atoms with Crippen molar-refractivity contribution in [2.24, 2.45) is 0 Å². The SMILES string of the molecule is C=Cc1c(C=C)c2c3cccc(-c4ccc5c(c4)C(C)(C)c4ccc6ccccc6c4-5)c3n(-c3nc(-c4ccc(-c5ccccc5)cc4)nc(-c4ccc(-c5ccccc5)cc4)n3)c2c2ccccc12. The number of benzene rings is 10. The van der Waals surface area contributed by atoms with Crippen LogP contribution in [0.5, 0.6) is 0 Å². The van der Waals surface area contributed by atoms with Gasteiger partial charge in [-0.15, -0.1) is 0 Å². The van der Waals surface area contributed by atoms with Crippen LogP contribution < -0.4 is 0 Å². The Balaban J connectivity index is 1.11. The van der Waals surface area contributed by atoms with Gasteiger partial charge in [0.05, 0.1) is 11.0 Å². The van der Waals surface area contributed by atoms with E-state index in [4.69, 9.17) is 15.0 Å². The van der Waals surface area contributed by atoms with Gasteiger partial charge in [-0.05, 0) is 83.4 Å². The molecule has 2 heterocycles. The van der Waals surface area contributed by atoms with E-state index in [1.165, 1.54) is 33.0 Å². The lowest BCUT2D eigenvalue weighted by molar-refractivity contribution is 0.661. The van der Waals surface area contributed by atoms with E-state index in [1.807, 2.05) is 24.3 Å². The summed E-state index contributed by atoms with van der Waals surface area (Å²) in [4.78, 5) is 16.3. The highest BCUT2D eigenvalue weighted by Crippen LogP contribution is 2.53. The van der Waals surface area contributed by atoms with Crippen molar-refractivity contribution < 1.29 is 0 Å². The summed E-state index contributed by atoms with van der Waals surface area (Å²) in [6, 6.07) is 73.7. The second-order valence-corrected chi connectivity index (χ2v) is 18.8. The first kappa shape index (κ1) is 41.2. The van der Waals surface area contributed by atoms with Crippen LogP contribution in [-0.2, 0) is 5.41 Å². The number of nitrogens with zero attached hydrogens (tertiary/aromatic N) is 4. The van der Waals surface area contributed by atoms with Gasteiger partial charge in [0.1, 0.15) is 0 Å². The number of fused-ring (bicyclic) bond motifs is 10. The molecule has 4 nitrogen and oxygen atoms in total. The molecule has 70 heavy (non-hydrogen) atoms. The van der Waals surface area contributed by atoms with Crippen LogP contribution >= 0.6 is 0 Å². The maximum atomic E-state index is 5.51. The van der Waals surface area contributed by atoms with Crippen molar-refractivity contribution in [3.63, 3.8) is 0 Å². The Labute approximate surface area is 407 Å². The van der Waals surface area contributed by atoms with Crippen molar-refractivity contribution in [3.8, 4) is 73.2 Å². The average Bonchev–Trinajstić information content (AvgIpc) is 3.89. The first-order valence-corrected chi connectivity index (χ1v) is 23.9. The predicted molar refractivity (Wildman–Crippen MR) is 294 cm³/mol. The van der Waals surface area contributed by atoms with Crippen molar-refractivity contribution in [1.29, 1.82) is 0 Å². The molecule has 1 aliphatic carbocycles. The minimum atomic E-state index is -0.222. The summed E-state index contributed by atoms with van der Waals surface area (Å²) >= 11 is 0. The summed E-state index contributed by atoms with van der Waals surface area (Å²) in [5.74, 6) is 1.69. The minimum absolute atomic E-state index is 0.222. The van der Waals surface area contributed by atoms with Crippen molar-refractivity contribution >= 4 is 55.5 Å². The van der Waals surface area contributed by atoms with Gasteiger partial charge in [0.15, 0.2) is 11.6 Å². The largest absolute Gasteiger partial charge is 0.277 e. The van der Waals surface area contributed by atoms with E-state index in [9.17, 15) is 0 Å². The first-order chi connectivity index (χ1) is 34.4. The van der Waals surface area contributed by atoms with Gasteiger partial charge < -0.3 is 0 Å². The summed E-state index contributed by atoms with van der Waals surface area (Å²) < 4.78 is 2.30. The maximum absolute atomic E-state index is 5.51. The van der Waals surface area contributed by atoms with Gasteiger partial charge in [-0.1, -0.05) is 239 Å². The van der Waals surface area contributed by atoms with E-state index in [0.29, 0.717) is 17.6 Å². The Hall–Kier alpha value is -8.99. The highest BCUT2D eigenvalue weighted by molar-refractivity contribution is 6.25. The van der Waals surface area contributed by atoms with Gasteiger partial charge in [0.2, 0.25) is 5.95 Å². The number of aromatic nitrogens is 4. The van der Waals surface area contributed by atoms with Crippen LogP contribution in [0, 0.1) is 0 Å². The molecule has 2 aromatic heterocycles. The second kappa shape index (κ2) is 16.1. The molecule has 12 aromatic rings. The summed E-state index contributed by atoms with van der Waals surface area (Å²) in [7, 11) is 0. The van der Waals surface area contributed by atoms with Gasteiger partial charge in [0, 0.05) is 38.3 Å². The number of hydrogen-bond donors (Lipinski definition) is 0. The lowest BCUT2D eigenvalue weighted by Gasteiger charge is -2.22. The molecule has 13 rings (SSSR count). The maximum Gasteiger partial charge on any atom is 0.238 e. The normalized spacial score (nSPS) is 12.7. The van der Waals surface area contributed by atoms with Gasteiger partial charge in [-0.3, -0.25) is 4.57 Å². The molecule has 0 amide bonds. The molecule has 0 unspecified atom stereocenters. The Morgan fingerprint density at radius 2 is 0.929 bits per heavy atom. The summed E-state index contributed by atoms with van der Waals surface area (Å²) in [6.45, 7) is 13.5. The molecule has 0 aliphatic heterocycles. The first-order valence-electron chi connectivity index (χ1n) is 23.9. The second-order valence-electron chi connectivity index (χ2n) is 18.8. The third-order valence-corrected chi connectivity index (χ3v) is 14.6. The lowest BCUT2D eigenvalue weighted by Crippen LogP contribution is -2.15. The zero-order chi connectivity index (χ0) is 47.1. The molecule has 0 radical (unpaired) electrons. The van der Waals surface area contributed by atoms with Crippen LogP contribution in [0.15, 0.2) is 219 Å². The molecule has 0 fully saturated rings. The Morgan fingerprint density at radius 1 is 0.400 bits per heavy atom. The zero-order valence-corrected chi connectivity index (χ0v) is 39.0. The number of rotatable bonds is 8. The van der Waals surface area contributed by atoms with E-state index < -0.39 is 0 Å². The fourth-order valence-electron chi connectivity index (χ4n) is 11.2. The van der Waals surface area contributed by atoms with Crippen LogP contribution in [0.1, 0.15) is 36.1 Å². The standard InChI is InChI=1S/C66H46N4/c1-5-49-50(6-2)60-56-27-17-26-52(48-36-38-55-58(40-48)66(3,4)57-39-37-45-22-13-14-23-51(45)59(55)57)61(56)70(62(60)54-25-16-15-24-53(49)54)65-68-63(46-32-28-43(29-33-46)41-18-9-7-10-19-41)67-64(69-65)47-34-30-44(31-35-47)42-20-11-8-12-21-42/h5-40H,1-2H2,3-4H3. The highest BCUT2D eigenvalue weighted by atomic mass is 15.2. The monoisotopic (exact) mass is 894 g/mol. The van der Waals surface area contributed by atoms with Crippen LogP contribution in [0.3, 0.4) is 0 Å². The fourth-order valence-corrected chi connectivity index (χ4v) is 11.2. The van der Waals surface area contributed by atoms with Gasteiger partial charge >= 0.3 is 0 Å². The van der Waals surface area contributed by atoms with Gasteiger partial charge in [-0.25, -0.2) is 4.98 Å². The van der Waals surface area contributed by atoms with Crippen LogP contribution in [-0.4, -0.2) is 19.5 Å². The Bertz CT molecular complexity index is 3990. The zero-order valence-electron chi connectivity index (χ0n) is 39.0. The van der Waals surface area contributed by atoms with E-state index in [1.54, 1.807) is 0 Å². The van der Waals surface area contributed by atoms with Crippen molar-refractivity contribution in [2.75, 3.05) is 0 Å². The van der Waals surface area contributed by atoms with Crippen LogP contribution in [0.25, 0.3) is 129 Å². The minimum Gasteiger partial charge on any atom is -0.277 e. The molecule has 0 saturated carbocycles. The van der Waals surface area contributed by atoms with Crippen molar-refractivity contribution in [3.05, 3.63) is 242 Å². The third-order valence-electron chi connectivity index (χ3n) is 14.6. The molecule has 0 saturated heterocycles. The summed E-state index contributed by atoms with van der Waals surface area (Å²) in [6.07, 6.45) is 3.95.